The first-order valence-corrected chi connectivity index (χ1v) is 6.48. The Labute approximate surface area is 100 Å². The Morgan fingerprint density at radius 1 is 1.38 bits per heavy atom. The molecule has 1 rings (SSSR count). The summed E-state index contributed by atoms with van der Waals surface area (Å²) in [4.78, 5) is 0. The van der Waals surface area contributed by atoms with Crippen molar-refractivity contribution >= 4 is 0 Å². The van der Waals surface area contributed by atoms with Gasteiger partial charge in [-0.25, -0.2) is 0 Å². The van der Waals surface area contributed by atoms with Crippen LogP contribution in [-0.4, -0.2) is 18.6 Å². The molecule has 0 aliphatic heterocycles. The van der Waals surface area contributed by atoms with Crippen molar-refractivity contribution in [2.24, 2.45) is 17.6 Å². The molecule has 0 bridgehead atoms. The second-order valence-electron chi connectivity index (χ2n) is 5.35. The highest BCUT2D eigenvalue weighted by Gasteiger charge is 2.34. The molecule has 0 aromatic rings. The number of hydrogen-bond acceptors (Lipinski definition) is 2. The number of nitrogens with two attached hydrogens (primary N) is 1. The first kappa shape index (κ1) is 13.5. The summed E-state index contributed by atoms with van der Waals surface area (Å²) in [5.74, 6) is 7.69. The van der Waals surface area contributed by atoms with E-state index in [1.165, 1.54) is 25.7 Å². The van der Waals surface area contributed by atoms with Gasteiger partial charge in [-0.1, -0.05) is 19.8 Å². The van der Waals surface area contributed by atoms with E-state index < -0.39 is 0 Å². The summed E-state index contributed by atoms with van der Waals surface area (Å²) in [7, 11) is 0. The first-order chi connectivity index (χ1) is 7.63. The minimum Gasteiger partial charge on any atom is -0.329 e. The van der Waals surface area contributed by atoms with Gasteiger partial charge in [0.05, 0.1) is 6.54 Å². The van der Waals surface area contributed by atoms with Crippen molar-refractivity contribution < 1.29 is 0 Å². The van der Waals surface area contributed by atoms with E-state index in [-0.39, 0.29) is 5.54 Å². The standard InChI is InChI=1S/C14H26N2/c1-4-5-10-16-14(11-15)8-6-13(7-9-14)12(2)3/h12-13,16H,6-11,15H2,1-3H3. The minimum absolute atomic E-state index is 0.162. The molecular formula is C14H26N2. The molecule has 1 saturated carbocycles. The number of hydrogen-bond donors (Lipinski definition) is 2. The van der Waals surface area contributed by atoms with E-state index in [4.69, 9.17) is 5.73 Å². The summed E-state index contributed by atoms with van der Waals surface area (Å²) in [5, 5.41) is 3.55. The molecule has 0 aromatic carbocycles. The lowest BCUT2D eigenvalue weighted by Gasteiger charge is -2.41. The van der Waals surface area contributed by atoms with Crippen molar-refractivity contribution in [2.45, 2.75) is 52.0 Å². The fourth-order valence-corrected chi connectivity index (χ4v) is 2.63. The van der Waals surface area contributed by atoms with Crippen LogP contribution in [0.5, 0.6) is 0 Å². The zero-order chi connectivity index (χ0) is 12.0. The monoisotopic (exact) mass is 222 g/mol. The van der Waals surface area contributed by atoms with Gasteiger partial charge < -0.3 is 5.73 Å². The fraction of sp³-hybridized carbons (Fsp3) is 0.857. The molecule has 0 heterocycles. The van der Waals surface area contributed by atoms with Gasteiger partial charge in [-0.2, -0.15) is 0 Å². The van der Waals surface area contributed by atoms with Crippen LogP contribution in [0.25, 0.3) is 0 Å². The molecule has 0 saturated heterocycles. The second-order valence-corrected chi connectivity index (χ2v) is 5.35. The van der Waals surface area contributed by atoms with Gasteiger partial charge in [-0.05, 0) is 44.4 Å². The Hall–Kier alpha value is -0.520. The summed E-state index contributed by atoms with van der Waals surface area (Å²) >= 11 is 0. The SMILES string of the molecule is CC#CCNC1(CN)CCC(C(C)C)CC1. The van der Waals surface area contributed by atoms with Crippen LogP contribution in [0.1, 0.15) is 46.5 Å². The van der Waals surface area contributed by atoms with Crippen molar-refractivity contribution in [1.82, 2.24) is 5.32 Å². The van der Waals surface area contributed by atoms with E-state index in [0.29, 0.717) is 0 Å². The molecule has 1 aliphatic carbocycles. The molecule has 0 amide bonds. The third-order valence-electron chi connectivity index (χ3n) is 4.05. The molecule has 3 N–H and O–H groups in total. The van der Waals surface area contributed by atoms with Crippen LogP contribution >= 0.6 is 0 Å². The van der Waals surface area contributed by atoms with Gasteiger partial charge in [0.25, 0.3) is 0 Å². The van der Waals surface area contributed by atoms with Gasteiger partial charge in [-0.15, -0.1) is 5.92 Å². The van der Waals surface area contributed by atoms with Crippen molar-refractivity contribution in [3.05, 3.63) is 0 Å². The Bertz CT molecular complexity index is 252. The largest absolute Gasteiger partial charge is 0.329 e. The van der Waals surface area contributed by atoms with Gasteiger partial charge >= 0.3 is 0 Å². The average Bonchev–Trinajstić information content (AvgIpc) is 2.30. The Morgan fingerprint density at radius 2 is 2.00 bits per heavy atom. The molecule has 0 atom stereocenters. The zero-order valence-electron chi connectivity index (χ0n) is 11.0. The van der Waals surface area contributed by atoms with Crippen LogP contribution in [0, 0.1) is 23.7 Å². The molecule has 16 heavy (non-hydrogen) atoms. The van der Waals surface area contributed by atoms with E-state index >= 15 is 0 Å². The zero-order valence-corrected chi connectivity index (χ0v) is 11.0. The highest BCUT2D eigenvalue weighted by Crippen LogP contribution is 2.35. The molecule has 0 aromatic heterocycles. The summed E-state index contributed by atoms with van der Waals surface area (Å²) < 4.78 is 0. The Balaban J connectivity index is 2.46. The predicted octanol–water partition coefficient (Wildman–Crippen LogP) is 2.14. The van der Waals surface area contributed by atoms with Crippen LogP contribution in [0.4, 0.5) is 0 Å². The normalized spacial score (nSPS) is 29.9. The van der Waals surface area contributed by atoms with Crippen molar-refractivity contribution in [2.75, 3.05) is 13.1 Å². The third-order valence-corrected chi connectivity index (χ3v) is 4.05. The third kappa shape index (κ3) is 3.50. The molecule has 2 heteroatoms. The van der Waals surface area contributed by atoms with E-state index in [1.807, 2.05) is 6.92 Å². The Kier molecular flexibility index (Phi) is 5.31. The molecule has 1 aliphatic rings. The van der Waals surface area contributed by atoms with Gasteiger partial charge in [0, 0.05) is 12.1 Å². The minimum atomic E-state index is 0.162. The van der Waals surface area contributed by atoms with Crippen LogP contribution in [0.3, 0.4) is 0 Å². The van der Waals surface area contributed by atoms with Gasteiger partial charge in [0.2, 0.25) is 0 Å². The van der Waals surface area contributed by atoms with Crippen LogP contribution in [0.15, 0.2) is 0 Å². The second kappa shape index (κ2) is 6.27. The first-order valence-electron chi connectivity index (χ1n) is 6.48. The van der Waals surface area contributed by atoms with Gasteiger partial charge in [-0.3, -0.25) is 5.32 Å². The molecule has 2 nitrogen and oxygen atoms in total. The number of nitrogens with one attached hydrogen (secondary N) is 1. The summed E-state index contributed by atoms with van der Waals surface area (Å²) in [6.07, 6.45) is 5.03. The Morgan fingerprint density at radius 3 is 2.44 bits per heavy atom. The maximum atomic E-state index is 5.93. The highest BCUT2D eigenvalue weighted by atomic mass is 15.0. The van der Waals surface area contributed by atoms with E-state index in [0.717, 1.165) is 24.9 Å². The average molecular weight is 222 g/mol. The smallest absolute Gasteiger partial charge is 0.0581 e. The summed E-state index contributed by atoms with van der Waals surface area (Å²) in [5.41, 5.74) is 6.09. The maximum Gasteiger partial charge on any atom is 0.0581 e. The lowest BCUT2D eigenvalue weighted by Crippen LogP contribution is -2.53. The predicted molar refractivity (Wildman–Crippen MR) is 70.0 cm³/mol. The van der Waals surface area contributed by atoms with Gasteiger partial charge in [0.1, 0.15) is 0 Å². The van der Waals surface area contributed by atoms with Crippen LogP contribution in [-0.2, 0) is 0 Å². The summed E-state index contributed by atoms with van der Waals surface area (Å²) in [6, 6.07) is 0. The van der Waals surface area contributed by atoms with Crippen LogP contribution < -0.4 is 11.1 Å². The fourth-order valence-electron chi connectivity index (χ4n) is 2.63. The lowest BCUT2D eigenvalue weighted by molar-refractivity contribution is 0.170. The van der Waals surface area contributed by atoms with Gasteiger partial charge in [0.15, 0.2) is 0 Å². The molecule has 0 unspecified atom stereocenters. The maximum absolute atomic E-state index is 5.93. The van der Waals surface area contributed by atoms with E-state index in [2.05, 4.69) is 31.0 Å². The number of rotatable bonds is 4. The molecule has 0 radical (unpaired) electrons. The van der Waals surface area contributed by atoms with Crippen molar-refractivity contribution in [1.29, 1.82) is 0 Å². The lowest BCUT2D eigenvalue weighted by atomic mass is 9.73. The highest BCUT2D eigenvalue weighted by molar-refractivity contribution is 5.02. The molecular weight excluding hydrogens is 196 g/mol. The van der Waals surface area contributed by atoms with E-state index in [9.17, 15) is 0 Å². The quantitative estimate of drug-likeness (QED) is 0.715. The molecule has 92 valence electrons. The van der Waals surface area contributed by atoms with E-state index in [1.54, 1.807) is 0 Å². The van der Waals surface area contributed by atoms with Crippen LogP contribution in [0.2, 0.25) is 0 Å². The molecule has 0 spiro atoms. The van der Waals surface area contributed by atoms with Crippen molar-refractivity contribution in [3.63, 3.8) is 0 Å². The summed E-state index contributed by atoms with van der Waals surface area (Å²) in [6.45, 7) is 8.06. The molecule has 1 fully saturated rings. The van der Waals surface area contributed by atoms with Crippen molar-refractivity contribution in [3.8, 4) is 11.8 Å². The topological polar surface area (TPSA) is 38.0 Å².